The van der Waals surface area contributed by atoms with Crippen LogP contribution >= 0.6 is 0 Å². The molecule has 0 radical (unpaired) electrons. The SMILES string of the molecule is CCOC(=O)C(C)Oc1ccc2c(c1)O/C(=C\c1ccc([N+](=O)[O-])cc1)C2=O. The zero-order chi connectivity index (χ0) is 20.3. The molecule has 1 aliphatic rings. The van der Waals surface area contributed by atoms with Crippen molar-refractivity contribution in [3.8, 4) is 11.5 Å². The number of Topliss-reactive ketones (excluding diaryl/α,β-unsaturated/α-hetero) is 1. The molecule has 0 fully saturated rings. The third-order valence-electron chi connectivity index (χ3n) is 3.97. The molecule has 1 unspecified atom stereocenters. The van der Waals surface area contributed by atoms with Crippen LogP contribution in [0.15, 0.2) is 48.2 Å². The first-order chi connectivity index (χ1) is 13.4. The highest BCUT2D eigenvalue weighted by atomic mass is 16.6. The van der Waals surface area contributed by atoms with E-state index in [-0.39, 0.29) is 23.8 Å². The van der Waals surface area contributed by atoms with Crippen molar-refractivity contribution in [2.75, 3.05) is 6.61 Å². The van der Waals surface area contributed by atoms with Gasteiger partial charge in [0.1, 0.15) is 11.5 Å². The Bertz CT molecular complexity index is 963. The van der Waals surface area contributed by atoms with Crippen LogP contribution in [0.1, 0.15) is 29.8 Å². The zero-order valence-corrected chi connectivity index (χ0v) is 15.2. The minimum Gasteiger partial charge on any atom is -0.479 e. The van der Waals surface area contributed by atoms with Gasteiger partial charge < -0.3 is 14.2 Å². The molecule has 8 heteroatoms. The second-order valence-electron chi connectivity index (χ2n) is 5.96. The summed E-state index contributed by atoms with van der Waals surface area (Å²) in [5, 5.41) is 10.7. The van der Waals surface area contributed by atoms with Crippen LogP contribution in [-0.4, -0.2) is 29.4 Å². The van der Waals surface area contributed by atoms with E-state index in [4.69, 9.17) is 14.2 Å². The van der Waals surface area contributed by atoms with Gasteiger partial charge in [-0.3, -0.25) is 14.9 Å². The fourth-order valence-electron chi connectivity index (χ4n) is 2.60. The normalized spacial score (nSPS) is 14.9. The van der Waals surface area contributed by atoms with E-state index >= 15 is 0 Å². The van der Waals surface area contributed by atoms with Gasteiger partial charge in [-0.1, -0.05) is 0 Å². The van der Waals surface area contributed by atoms with Crippen molar-refractivity contribution in [3.63, 3.8) is 0 Å². The quantitative estimate of drug-likeness (QED) is 0.325. The lowest BCUT2D eigenvalue weighted by atomic mass is 10.1. The number of carbonyl (C=O) groups excluding carboxylic acids is 2. The molecule has 0 spiro atoms. The molecule has 144 valence electrons. The van der Waals surface area contributed by atoms with Crippen LogP contribution in [-0.2, 0) is 9.53 Å². The first kappa shape index (κ1) is 19.1. The molecule has 28 heavy (non-hydrogen) atoms. The second-order valence-corrected chi connectivity index (χ2v) is 5.96. The summed E-state index contributed by atoms with van der Waals surface area (Å²) >= 11 is 0. The molecule has 1 atom stereocenters. The summed E-state index contributed by atoms with van der Waals surface area (Å²) in [4.78, 5) is 34.4. The highest BCUT2D eigenvalue weighted by Gasteiger charge is 2.28. The van der Waals surface area contributed by atoms with E-state index in [0.29, 0.717) is 22.6 Å². The maximum atomic E-state index is 12.5. The third kappa shape index (κ3) is 4.01. The molecule has 0 aromatic heterocycles. The van der Waals surface area contributed by atoms with Crippen LogP contribution in [0, 0.1) is 10.1 Å². The van der Waals surface area contributed by atoms with Crippen LogP contribution in [0.4, 0.5) is 5.69 Å². The topological polar surface area (TPSA) is 105 Å². The summed E-state index contributed by atoms with van der Waals surface area (Å²) in [6.07, 6.45) is 0.707. The van der Waals surface area contributed by atoms with Crippen LogP contribution < -0.4 is 9.47 Å². The first-order valence-electron chi connectivity index (χ1n) is 8.55. The van der Waals surface area contributed by atoms with Crippen LogP contribution in [0.2, 0.25) is 0 Å². The van der Waals surface area contributed by atoms with Gasteiger partial charge in [0.25, 0.3) is 5.69 Å². The summed E-state index contributed by atoms with van der Waals surface area (Å²) in [6.45, 7) is 3.53. The van der Waals surface area contributed by atoms with Crippen molar-refractivity contribution in [2.24, 2.45) is 0 Å². The van der Waals surface area contributed by atoms with Gasteiger partial charge in [-0.15, -0.1) is 0 Å². The van der Waals surface area contributed by atoms with E-state index in [1.54, 1.807) is 26.0 Å². The van der Waals surface area contributed by atoms with Gasteiger partial charge in [0.05, 0.1) is 17.1 Å². The number of carbonyl (C=O) groups is 2. The largest absolute Gasteiger partial charge is 0.479 e. The van der Waals surface area contributed by atoms with E-state index in [9.17, 15) is 19.7 Å². The molecule has 0 amide bonds. The van der Waals surface area contributed by atoms with Crippen LogP contribution in [0.5, 0.6) is 11.5 Å². The molecular weight excluding hydrogens is 366 g/mol. The Labute approximate surface area is 160 Å². The van der Waals surface area contributed by atoms with Crippen molar-refractivity contribution in [1.29, 1.82) is 0 Å². The van der Waals surface area contributed by atoms with Crippen LogP contribution in [0.25, 0.3) is 6.08 Å². The number of esters is 1. The number of allylic oxidation sites excluding steroid dienone is 1. The third-order valence-corrected chi connectivity index (χ3v) is 3.97. The summed E-state index contributed by atoms with van der Waals surface area (Å²) in [7, 11) is 0. The summed E-state index contributed by atoms with van der Waals surface area (Å²) in [5.41, 5.74) is 0.917. The van der Waals surface area contributed by atoms with Gasteiger partial charge in [0, 0.05) is 18.2 Å². The number of ketones is 1. The molecule has 0 N–H and O–H groups in total. The molecular formula is C20H17NO7. The Morgan fingerprint density at radius 3 is 2.61 bits per heavy atom. The molecule has 2 aromatic carbocycles. The number of benzene rings is 2. The lowest BCUT2D eigenvalue weighted by Crippen LogP contribution is -2.26. The zero-order valence-electron chi connectivity index (χ0n) is 15.2. The minimum atomic E-state index is -0.801. The van der Waals surface area contributed by atoms with E-state index in [0.717, 1.165) is 0 Å². The number of nitro benzene ring substituents is 1. The second kappa shape index (κ2) is 7.91. The standard InChI is InChI=1S/C20H17NO7/c1-3-26-20(23)12(2)27-15-8-9-16-17(11-15)28-18(19(16)22)10-13-4-6-14(7-5-13)21(24)25/h4-12H,3H2,1-2H3/b18-10-. The van der Waals surface area contributed by atoms with Crippen molar-refractivity contribution in [3.05, 3.63) is 69.5 Å². The summed E-state index contributed by atoms with van der Waals surface area (Å²) in [5.74, 6) is -0.0213. The molecule has 0 aliphatic carbocycles. The van der Waals surface area contributed by atoms with Gasteiger partial charge in [0.15, 0.2) is 11.9 Å². The van der Waals surface area contributed by atoms with Crippen LogP contribution in [0.3, 0.4) is 0 Å². The number of rotatable bonds is 6. The van der Waals surface area contributed by atoms with Gasteiger partial charge in [-0.2, -0.15) is 0 Å². The molecule has 1 aliphatic heterocycles. The lowest BCUT2D eigenvalue weighted by molar-refractivity contribution is -0.384. The number of fused-ring (bicyclic) bond motifs is 1. The number of nitro groups is 1. The Balaban J connectivity index is 1.77. The van der Waals surface area contributed by atoms with E-state index < -0.39 is 17.0 Å². The Morgan fingerprint density at radius 1 is 1.25 bits per heavy atom. The Kier molecular flexibility index (Phi) is 5.39. The van der Waals surface area contributed by atoms with Crippen molar-refractivity contribution in [2.45, 2.75) is 20.0 Å². The first-order valence-corrected chi connectivity index (χ1v) is 8.55. The van der Waals surface area contributed by atoms with E-state index in [2.05, 4.69) is 0 Å². The van der Waals surface area contributed by atoms with Gasteiger partial charge in [-0.25, -0.2) is 4.79 Å². The fraction of sp³-hybridized carbons (Fsp3) is 0.200. The summed E-state index contributed by atoms with van der Waals surface area (Å²) < 4.78 is 16.0. The molecule has 0 saturated heterocycles. The fourth-order valence-corrected chi connectivity index (χ4v) is 2.60. The predicted molar refractivity (Wildman–Crippen MR) is 99.2 cm³/mol. The number of hydrogen-bond donors (Lipinski definition) is 0. The monoisotopic (exact) mass is 383 g/mol. The van der Waals surface area contributed by atoms with Gasteiger partial charge >= 0.3 is 5.97 Å². The number of ether oxygens (including phenoxy) is 3. The lowest BCUT2D eigenvalue weighted by Gasteiger charge is -2.13. The maximum Gasteiger partial charge on any atom is 0.347 e. The summed E-state index contributed by atoms with van der Waals surface area (Å²) in [6, 6.07) is 10.4. The number of nitrogens with zero attached hydrogens (tertiary/aromatic N) is 1. The molecule has 1 heterocycles. The van der Waals surface area contributed by atoms with E-state index in [1.165, 1.54) is 36.4 Å². The highest BCUT2D eigenvalue weighted by Crippen LogP contribution is 2.35. The van der Waals surface area contributed by atoms with Gasteiger partial charge in [-0.05, 0) is 49.8 Å². The smallest absolute Gasteiger partial charge is 0.347 e. The molecule has 0 saturated carbocycles. The van der Waals surface area contributed by atoms with Gasteiger partial charge in [0.2, 0.25) is 5.78 Å². The molecule has 8 nitrogen and oxygen atoms in total. The van der Waals surface area contributed by atoms with Crippen molar-refractivity contribution < 1.29 is 28.7 Å². The predicted octanol–water partition coefficient (Wildman–Crippen LogP) is 3.54. The Hall–Kier alpha value is -3.68. The molecule has 0 bridgehead atoms. The average Bonchev–Trinajstić information content (AvgIpc) is 2.97. The average molecular weight is 383 g/mol. The van der Waals surface area contributed by atoms with Crippen molar-refractivity contribution >= 4 is 23.5 Å². The highest BCUT2D eigenvalue weighted by molar-refractivity contribution is 6.14. The van der Waals surface area contributed by atoms with E-state index in [1.807, 2.05) is 0 Å². The Morgan fingerprint density at radius 2 is 1.96 bits per heavy atom. The van der Waals surface area contributed by atoms with Crippen molar-refractivity contribution in [1.82, 2.24) is 0 Å². The minimum absolute atomic E-state index is 0.0402. The molecule has 2 aromatic rings. The number of hydrogen-bond acceptors (Lipinski definition) is 7. The number of non-ortho nitro benzene ring substituents is 1. The maximum absolute atomic E-state index is 12.5. The molecule has 3 rings (SSSR count).